The molecule has 0 saturated carbocycles. The van der Waals surface area contributed by atoms with Gasteiger partial charge < -0.3 is 15.0 Å². The molecule has 1 aliphatic rings. The highest BCUT2D eigenvalue weighted by Gasteiger charge is 2.28. The van der Waals surface area contributed by atoms with Crippen LogP contribution in [0.25, 0.3) is 0 Å². The lowest BCUT2D eigenvalue weighted by molar-refractivity contribution is -0.126. The van der Waals surface area contributed by atoms with Gasteiger partial charge in [0.2, 0.25) is 5.91 Å². The topological polar surface area (TPSA) is 58.6 Å². The van der Waals surface area contributed by atoms with Crippen molar-refractivity contribution in [2.24, 2.45) is 5.92 Å². The highest BCUT2D eigenvalue weighted by molar-refractivity contribution is 5.94. The quantitative estimate of drug-likeness (QED) is 0.750. The molecule has 0 bridgehead atoms. The van der Waals surface area contributed by atoms with Gasteiger partial charge in [0.15, 0.2) is 0 Å². The van der Waals surface area contributed by atoms with E-state index in [0.29, 0.717) is 31.8 Å². The predicted octanol–water partition coefficient (Wildman–Crippen LogP) is 3.92. The largest absolute Gasteiger partial charge is 0.374 e. The Bertz CT molecular complexity index is 867. The zero-order valence-corrected chi connectivity index (χ0v) is 17.6. The summed E-state index contributed by atoms with van der Waals surface area (Å²) in [5, 5.41) is 3.00. The van der Waals surface area contributed by atoms with E-state index >= 15 is 0 Å². The monoisotopic (exact) mass is 412 g/mol. The fourth-order valence-electron chi connectivity index (χ4n) is 3.58. The van der Waals surface area contributed by atoms with Gasteiger partial charge in [-0.3, -0.25) is 9.59 Å². The zero-order chi connectivity index (χ0) is 21.5. The van der Waals surface area contributed by atoms with Crippen LogP contribution in [0.1, 0.15) is 48.2 Å². The van der Waals surface area contributed by atoms with E-state index in [9.17, 15) is 14.0 Å². The second kappa shape index (κ2) is 10.3. The van der Waals surface area contributed by atoms with Crippen molar-refractivity contribution in [2.75, 3.05) is 13.1 Å². The van der Waals surface area contributed by atoms with Crippen molar-refractivity contribution >= 4 is 11.8 Å². The molecule has 1 unspecified atom stereocenters. The van der Waals surface area contributed by atoms with Gasteiger partial charge in [-0.15, -0.1) is 0 Å². The maximum Gasteiger partial charge on any atom is 0.253 e. The molecule has 30 heavy (non-hydrogen) atoms. The van der Waals surface area contributed by atoms with Crippen LogP contribution in [0.5, 0.6) is 0 Å². The third-order valence-electron chi connectivity index (χ3n) is 5.21. The van der Waals surface area contributed by atoms with Crippen molar-refractivity contribution < 1.29 is 18.7 Å². The Morgan fingerprint density at radius 3 is 2.63 bits per heavy atom. The van der Waals surface area contributed by atoms with Crippen LogP contribution in [-0.4, -0.2) is 35.9 Å². The van der Waals surface area contributed by atoms with Crippen molar-refractivity contribution in [1.82, 2.24) is 10.2 Å². The summed E-state index contributed by atoms with van der Waals surface area (Å²) >= 11 is 0. The molecular weight excluding hydrogens is 383 g/mol. The summed E-state index contributed by atoms with van der Waals surface area (Å²) in [5.74, 6) is -0.821. The first-order valence-electron chi connectivity index (χ1n) is 10.4. The number of hydrogen-bond donors (Lipinski definition) is 1. The minimum atomic E-state index is -0.373. The Labute approximate surface area is 177 Å². The number of carbonyl (C=O) groups excluding carboxylic acids is 2. The Morgan fingerprint density at radius 1 is 1.17 bits per heavy atom. The molecule has 160 valence electrons. The number of piperidine rings is 1. The molecule has 0 spiro atoms. The van der Waals surface area contributed by atoms with Crippen molar-refractivity contribution in [3.8, 4) is 0 Å². The lowest BCUT2D eigenvalue weighted by Gasteiger charge is -2.32. The molecule has 5 nitrogen and oxygen atoms in total. The van der Waals surface area contributed by atoms with Gasteiger partial charge in [-0.1, -0.05) is 24.3 Å². The van der Waals surface area contributed by atoms with E-state index in [0.717, 1.165) is 24.0 Å². The summed E-state index contributed by atoms with van der Waals surface area (Å²) < 4.78 is 18.7. The number of rotatable bonds is 7. The van der Waals surface area contributed by atoms with Crippen molar-refractivity contribution in [3.63, 3.8) is 0 Å². The van der Waals surface area contributed by atoms with Crippen LogP contribution in [-0.2, 0) is 22.7 Å². The summed E-state index contributed by atoms with van der Waals surface area (Å²) in [7, 11) is 0. The molecule has 1 heterocycles. The number of amides is 2. The fraction of sp³-hybridized carbons (Fsp3) is 0.417. The van der Waals surface area contributed by atoms with Crippen molar-refractivity contribution in [2.45, 2.75) is 45.9 Å². The van der Waals surface area contributed by atoms with Gasteiger partial charge in [-0.2, -0.15) is 0 Å². The second-order valence-corrected chi connectivity index (χ2v) is 7.99. The zero-order valence-electron chi connectivity index (χ0n) is 17.6. The predicted molar refractivity (Wildman–Crippen MR) is 113 cm³/mol. The van der Waals surface area contributed by atoms with Crippen LogP contribution in [0.15, 0.2) is 48.5 Å². The molecule has 1 aliphatic heterocycles. The van der Waals surface area contributed by atoms with Gasteiger partial charge in [-0.25, -0.2) is 4.39 Å². The third kappa shape index (κ3) is 6.13. The molecule has 2 aromatic rings. The summed E-state index contributed by atoms with van der Waals surface area (Å²) in [6.07, 6.45) is 1.69. The van der Waals surface area contributed by atoms with Crippen molar-refractivity contribution in [3.05, 3.63) is 71.0 Å². The van der Waals surface area contributed by atoms with Crippen LogP contribution in [0.3, 0.4) is 0 Å². The first-order valence-corrected chi connectivity index (χ1v) is 10.4. The van der Waals surface area contributed by atoms with Crippen LogP contribution < -0.4 is 5.32 Å². The highest BCUT2D eigenvalue weighted by atomic mass is 19.1. The van der Waals surface area contributed by atoms with E-state index in [1.165, 1.54) is 24.3 Å². The Kier molecular flexibility index (Phi) is 7.57. The molecule has 2 amide bonds. The van der Waals surface area contributed by atoms with E-state index in [4.69, 9.17) is 4.74 Å². The first kappa shape index (κ1) is 22.0. The summed E-state index contributed by atoms with van der Waals surface area (Å²) in [5.41, 5.74) is 2.53. The molecule has 1 saturated heterocycles. The molecular formula is C24H29FN2O3. The number of benzene rings is 2. The van der Waals surface area contributed by atoms with Crippen LogP contribution in [0, 0.1) is 11.7 Å². The summed E-state index contributed by atoms with van der Waals surface area (Å²) in [6, 6.07) is 13.5. The van der Waals surface area contributed by atoms with E-state index in [2.05, 4.69) is 5.32 Å². The number of carbonyl (C=O) groups is 2. The molecule has 1 atom stereocenters. The van der Waals surface area contributed by atoms with Crippen LogP contribution in [0.2, 0.25) is 0 Å². The van der Waals surface area contributed by atoms with Gasteiger partial charge in [0, 0.05) is 25.2 Å². The van der Waals surface area contributed by atoms with Gasteiger partial charge in [0.05, 0.1) is 18.6 Å². The fourth-order valence-corrected chi connectivity index (χ4v) is 3.58. The van der Waals surface area contributed by atoms with Gasteiger partial charge in [0.1, 0.15) is 5.82 Å². The number of ether oxygens (including phenoxy) is 1. The second-order valence-electron chi connectivity index (χ2n) is 7.99. The van der Waals surface area contributed by atoms with Gasteiger partial charge >= 0.3 is 0 Å². The average molecular weight is 413 g/mol. The number of nitrogens with one attached hydrogen (secondary N) is 1. The van der Waals surface area contributed by atoms with Gasteiger partial charge in [0.25, 0.3) is 5.91 Å². The standard InChI is InChI=1S/C24H29FN2O3/c1-17(2)30-16-19-6-3-5-18(13-19)14-26-23(28)21-7-4-12-27(15-21)24(29)20-8-10-22(25)11-9-20/h3,5-6,8-11,13,17,21H,4,7,12,14-16H2,1-2H3,(H,26,28). The third-order valence-corrected chi connectivity index (χ3v) is 5.21. The Hall–Kier alpha value is -2.73. The molecule has 2 aromatic carbocycles. The number of hydrogen-bond acceptors (Lipinski definition) is 3. The lowest BCUT2D eigenvalue weighted by atomic mass is 9.96. The minimum Gasteiger partial charge on any atom is -0.374 e. The maximum absolute atomic E-state index is 13.1. The summed E-state index contributed by atoms with van der Waals surface area (Å²) in [4.78, 5) is 27.0. The van der Waals surface area contributed by atoms with Crippen LogP contribution >= 0.6 is 0 Å². The number of likely N-dealkylation sites (tertiary alicyclic amines) is 1. The highest BCUT2D eigenvalue weighted by Crippen LogP contribution is 2.19. The molecule has 6 heteroatoms. The molecule has 3 rings (SSSR count). The minimum absolute atomic E-state index is 0.0459. The Balaban J connectivity index is 1.53. The molecule has 1 fully saturated rings. The van der Waals surface area contributed by atoms with Gasteiger partial charge in [-0.05, 0) is 62.1 Å². The molecule has 0 radical (unpaired) electrons. The van der Waals surface area contributed by atoms with Crippen molar-refractivity contribution in [1.29, 1.82) is 0 Å². The van der Waals surface area contributed by atoms with E-state index in [1.54, 1.807) is 4.90 Å². The number of nitrogens with zero attached hydrogens (tertiary/aromatic N) is 1. The number of halogens is 1. The maximum atomic E-state index is 13.1. The Morgan fingerprint density at radius 2 is 1.90 bits per heavy atom. The molecule has 1 N–H and O–H groups in total. The lowest BCUT2D eigenvalue weighted by Crippen LogP contribution is -2.45. The first-order chi connectivity index (χ1) is 14.4. The van der Waals surface area contributed by atoms with E-state index in [1.807, 2.05) is 38.1 Å². The average Bonchev–Trinajstić information content (AvgIpc) is 2.76. The smallest absolute Gasteiger partial charge is 0.253 e. The van der Waals surface area contributed by atoms with Crippen LogP contribution in [0.4, 0.5) is 4.39 Å². The molecule has 0 aromatic heterocycles. The van der Waals surface area contributed by atoms with E-state index in [-0.39, 0.29) is 29.7 Å². The SMILES string of the molecule is CC(C)OCc1cccc(CNC(=O)C2CCCN(C(=O)c3ccc(F)cc3)C2)c1. The normalized spacial score (nSPS) is 16.5. The van der Waals surface area contributed by atoms with E-state index < -0.39 is 0 Å². The molecule has 0 aliphatic carbocycles. The summed E-state index contributed by atoms with van der Waals surface area (Å²) in [6.45, 7) is 5.97.